The van der Waals surface area contributed by atoms with E-state index in [1.54, 1.807) is 13.2 Å². The molecule has 2 aliphatic heterocycles. The summed E-state index contributed by atoms with van der Waals surface area (Å²) in [7, 11) is 1.64. The number of nitrogens with zero attached hydrogens (tertiary/aromatic N) is 1. The van der Waals surface area contributed by atoms with Crippen LogP contribution in [0.25, 0.3) is 5.57 Å². The number of benzene rings is 2. The van der Waals surface area contributed by atoms with E-state index in [0.29, 0.717) is 17.4 Å². The highest BCUT2D eigenvalue weighted by Crippen LogP contribution is 2.58. The second kappa shape index (κ2) is 6.17. The number of hydrogen-bond acceptors (Lipinski definition) is 3. The van der Waals surface area contributed by atoms with Crippen LogP contribution in [0.4, 0.5) is 0 Å². The normalized spacial score (nSPS) is 25.5. The Kier molecular flexibility index (Phi) is 3.85. The molecule has 28 heavy (non-hydrogen) atoms. The minimum atomic E-state index is -0.676. The lowest BCUT2D eigenvalue weighted by Gasteiger charge is -2.50. The van der Waals surface area contributed by atoms with E-state index in [1.165, 1.54) is 0 Å². The maximum Gasteiger partial charge on any atom is 0.262 e. The van der Waals surface area contributed by atoms with Crippen molar-refractivity contribution in [2.24, 2.45) is 0 Å². The van der Waals surface area contributed by atoms with E-state index in [1.807, 2.05) is 59.5 Å². The molecular weight excluding hydrogens is 418 g/mol. The molecule has 1 aliphatic carbocycles. The Labute approximate surface area is 171 Å². The molecule has 1 amide bonds. The van der Waals surface area contributed by atoms with Crippen molar-refractivity contribution in [1.82, 2.24) is 4.90 Å². The third-order valence-corrected chi connectivity index (χ3v) is 6.81. The Morgan fingerprint density at radius 3 is 2.68 bits per heavy atom. The average molecular weight is 436 g/mol. The number of amides is 1. The summed E-state index contributed by atoms with van der Waals surface area (Å²) in [5.74, 6) is 0.648. The van der Waals surface area contributed by atoms with Gasteiger partial charge in [0.15, 0.2) is 5.78 Å². The highest BCUT2D eigenvalue weighted by atomic mass is 79.9. The maximum atomic E-state index is 13.3. The second-order valence-electron chi connectivity index (χ2n) is 7.39. The van der Waals surface area contributed by atoms with Crippen molar-refractivity contribution < 1.29 is 14.3 Å². The van der Waals surface area contributed by atoms with E-state index in [9.17, 15) is 9.59 Å². The van der Waals surface area contributed by atoms with E-state index in [4.69, 9.17) is 4.74 Å². The summed E-state index contributed by atoms with van der Waals surface area (Å²) in [6.45, 7) is 0.499. The fourth-order valence-electron chi connectivity index (χ4n) is 4.85. The van der Waals surface area contributed by atoms with Gasteiger partial charge in [0.1, 0.15) is 5.75 Å². The molecule has 2 unspecified atom stereocenters. The first-order valence-corrected chi connectivity index (χ1v) is 10.0. The first kappa shape index (κ1) is 17.4. The number of halogens is 1. The monoisotopic (exact) mass is 435 g/mol. The van der Waals surface area contributed by atoms with Crippen molar-refractivity contribution >= 4 is 33.2 Å². The van der Waals surface area contributed by atoms with Crippen LogP contribution in [-0.4, -0.2) is 29.2 Å². The largest absolute Gasteiger partial charge is 0.497 e. The predicted molar refractivity (Wildman–Crippen MR) is 110 cm³/mol. The number of ether oxygens (including phenoxy) is 1. The number of carbonyl (C=O) groups excluding carboxylic acids is 2. The van der Waals surface area contributed by atoms with Gasteiger partial charge in [0.2, 0.25) is 0 Å². The molecule has 5 rings (SSSR count). The Morgan fingerprint density at radius 1 is 1.14 bits per heavy atom. The lowest BCUT2D eigenvalue weighted by atomic mass is 9.65. The zero-order chi connectivity index (χ0) is 19.5. The molecule has 2 aromatic rings. The molecule has 4 nitrogen and oxygen atoms in total. The summed E-state index contributed by atoms with van der Waals surface area (Å²) in [6, 6.07) is 15.9. The fourth-order valence-corrected chi connectivity index (χ4v) is 5.61. The first-order valence-electron chi connectivity index (χ1n) is 9.23. The third-order valence-electron chi connectivity index (χ3n) is 6.08. The van der Waals surface area contributed by atoms with Crippen LogP contribution in [-0.2, 0) is 16.1 Å². The minimum Gasteiger partial charge on any atom is -0.497 e. The molecule has 140 valence electrons. The average Bonchev–Trinajstić information content (AvgIpc) is 2.94. The lowest BCUT2D eigenvalue weighted by molar-refractivity contribution is -0.130. The van der Waals surface area contributed by atoms with Gasteiger partial charge in [-0.1, -0.05) is 42.5 Å². The minimum absolute atomic E-state index is 0.0377. The number of fused-ring (bicyclic) bond motifs is 2. The summed E-state index contributed by atoms with van der Waals surface area (Å²) >= 11 is 3.59. The Bertz CT molecular complexity index is 1070. The van der Waals surface area contributed by atoms with Crippen molar-refractivity contribution in [2.45, 2.75) is 24.4 Å². The number of ketones is 1. The molecule has 0 N–H and O–H groups in total. The quantitative estimate of drug-likeness (QED) is 0.709. The van der Waals surface area contributed by atoms with Crippen LogP contribution in [0.5, 0.6) is 5.75 Å². The first-order chi connectivity index (χ1) is 13.6. The number of methoxy groups -OCH3 is 1. The van der Waals surface area contributed by atoms with Gasteiger partial charge in [-0.25, -0.2) is 0 Å². The summed E-state index contributed by atoms with van der Waals surface area (Å²) in [6.07, 6.45) is 3.92. The Balaban J connectivity index is 1.80. The van der Waals surface area contributed by atoms with Crippen LogP contribution >= 0.6 is 15.9 Å². The summed E-state index contributed by atoms with van der Waals surface area (Å²) < 4.78 is 6.02. The number of allylic oxidation sites excluding steroid dienone is 1. The molecule has 1 spiro atoms. The molecule has 0 saturated carbocycles. The molecule has 0 radical (unpaired) electrons. The van der Waals surface area contributed by atoms with Gasteiger partial charge in [-0.3, -0.25) is 9.59 Å². The highest BCUT2D eigenvalue weighted by molar-refractivity contribution is 9.12. The van der Waals surface area contributed by atoms with Gasteiger partial charge in [-0.05, 0) is 50.8 Å². The Hall–Kier alpha value is -2.66. The van der Waals surface area contributed by atoms with Crippen LogP contribution in [0.1, 0.15) is 29.0 Å². The number of hydrogen-bond donors (Lipinski definition) is 0. The molecule has 2 heterocycles. The fraction of sp³-hybridized carbons (Fsp3) is 0.217. The smallest absolute Gasteiger partial charge is 0.262 e. The van der Waals surface area contributed by atoms with Crippen LogP contribution in [0.2, 0.25) is 0 Å². The van der Waals surface area contributed by atoms with E-state index in [-0.39, 0.29) is 17.6 Å². The van der Waals surface area contributed by atoms with Crippen molar-refractivity contribution in [3.05, 3.63) is 81.9 Å². The molecular formula is C23H18BrNO3. The van der Waals surface area contributed by atoms with Gasteiger partial charge in [0.05, 0.1) is 17.1 Å². The molecule has 0 aromatic heterocycles. The summed E-state index contributed by atoms with van der Waals surface area (Å²) in [4.78, 5) is 27.6. The van der Waals surface area contributed by atoms with Crippen LogP contribution in [0.15, 0.2) is 65.2 Å². The number of rotatable bonds is 2. The van der Waals surface area contributed by atoms with Gasteiger partial charge in [0, 0.05) is 24.5 Å². The third kappa shape index (κ3) is 2.23. The van der Waals surface area contributed by atoms with Crippen LogP contribution < -0.4 is 4.74 Å². The molecule has 0 saturated heterocycles. The summed E-state index contributed by atoms with van der Waals surface area (Å²) in [5, 5.41) is 0. The summed E-state index contributed by atoms with van der Waals surface area (Å²) in [5.41, 5.74) is 3.38. The van der Waals surface area contributed by atoms with Crippen molar-refractivity contribution in [3.63, 3.8) is 0 Å². The van der Waals surface area contributed by atoms with Crippen molar-refractivity contribution in [2.75, 3.05) is 7.11 Å². The van der Waals surface area contributed by atoms with Crippen molar-refractivity contribution in [3.8, 4) is 5.75 Å². The second-order valence-corrected chi connectivity index (χ2v) is 8.19. The standard InChI is InChI=1S/C23H18BrNO3/c1-28-17-8-7-15-13-25-22(27)21(24)20(14-5-3-2-4-6-14)23(25)10-9-16(26)11-19(23)18(15)12-17/h2-10,12,19H,11,13H2,1H3. The molecule has 5 heteroatoms. The molecule has 2 aromatic carbocycles. The SMILES string of the molecule is COc1ccc2c(c1)C1CC(=O)C=CC13C(c1ccccc1)=C(Br)C(=O)N3C2. The van der Waals surface area contributed by atoms with E-state index >= 15 is 0 Å². The van der Waals surface area contributed by atoms with E-state index < -0.39 is 5.54 Å². The van der Waals surface area contributed by atoms with Crippen LogP contribution in [0.3, 0.4) is 0 Å². The van der Waals surface area contributed by atoms with Gasteiger partial charge < -0.3 is 9.64 Å². The van der Waals surface area contributed by atoms with E-state index in [0.717, 1.165) is 28.0 Å². The van der Waals surface area contributed by atoms with Crippen molar-refractivity contribution in [1.29, 1.82) is 0 Å². The molecule has 0 bridgehead atoms. The number of carbonyl (C=O) groups is 2. The van der Waals surface area contributed by atoms with Crippen LogP contribution in [0, 0.1) is 0 Å². The zero-order valence-corrected chi connectivity index (χ0v) is 16.9. The van der Waals surface area contributed by atoms with Gasteiger partial charge in [-0.15, -0.1) is 0 Å². The predicted octanol–water partition coefficient (Wildman–Crippen LogP) is 4.21. The maximum absolute atomic E-state index is 13.3. The Morgan fingerprint density at radius 2 is 1.93 bits per heavy atom. The molecule has 0 fully saturated rings. The highest BCUT2D eigenvalue weighted by Gasteiger charge is 2.58. The van der Waals surface area contributed by atoms with Gasteiger partial charge >= 0.3 is 0 Å². The van der Waals surface area contributed by atoms with E-state index in [2.05, 4.69) is 15.9 Å². The molecule has 3 aliphatic rings. The topological polar surface area (TPSA) is 46.6 Å². The molecule has 2 atom stereocenters. The van der Waals surface area contributed by atoms with Gasteiger partial charge in [-0.2, -0.15) is 0 Å². The van der Waals surface area contributed by atoms with Gasteiger partial charge in [0.25, 0.3) is 5.91 Å². The zero-order valence-electron chi connectivity index (χ0n) is 15.3. The lowest BCUT2D eigenvalue weighted by Crippen LogP contribution is -2.55.